The average molecular weight is 492 g/mol. The Bertz CT molecular complexity index is 1080. The smallest absolute Gasteiger partial charge is 0.416 e. The summed E-state index contributed by atoms with van der Waals surface area (Å²) in [7, 11) is 0. The number of aliphatic carboxylic acids is 1. The van der Waals surface area contributed by atoms with Gasteiger partial charge < -0.3 is 15.6 Å². The predicted molar refractivity (Wildman–Crippen MR) is 131 cm³/mol. The molecule has 9 heteroatoms. The van der Waals surface area contributed by atoms with Crippen molar-refractivity contribution in [2.75, 3.05) is 6.54 Å². The highest BCUT2D eigenvalue weighted by Crippen LogP contribution is 2.29. The SMILES string of the molecule is CCCN=C(CCCc1ccc(OC(C)(C)C(=O)O)c(C)c1)N=C(N)c1ccc(C(F)(F)F)cc1. The minimum atomic E-state index is -4.41. The number of ether oxygens (including phenoxy) is 1. The van der Waals surface area contributed by atoms with E-state index in [4.69, 9.17) is 10.5 Å². The minimum Gasteiger partial charge on any atom is -0.478 e. The lowest BCUT2D eigenvalue weighted by Gasteiger charge is -2.23. The second-order valence-corrected chi connectivity index (χ2v) is 8.74. The molecule has 0 aromatic heterocycles. The van der Waals surface area contributed by atoms with Gasteiger partial charge >= 0.3 is 12.1 Å². The van der Waals surface area contributed by atoms with Crippen LogP contribution in [-0.4, -0.2) is 34.9 Å². The van der Waals surface area contributed by atoms with Crippen LogP contribution in [0.5, 0.6) is 5.75 Å². The summed E-state index contributed by atoms with van der Waals surface area (Å²) in [6, 6.07) is 10.2. The van der Waals surface area contributed by atoms with E-state index in [1.165, 1.54) is 26.0 Å². The van der Waals surface area contributed by atoms with Crippen molar-refractivity contribution in [1.82, 2.24) is 0 Å². The number of carboxylic acids is 1. The third-order valence-corrected chi connectivity index (χ3v) is 5.26. The fourth-order valence-electron chi connectivity index (χ4n) is 3.20. The molecule has 0 aliphatic heterocycles. The maximum absolute atomic E-state index is 12.8. The maximum atomic E-state index is 12.8. The second-order valence-electron chi connectivity index (χ2n) is 8.74. The third-order valence-electron chi connectivity index (χ3n) is 5.26. The molecule has 0 heterocycles. The third kappa shape index (κ3) is 8.42. The molecule has 0 aliphatic rings. The lowest BCUT2D eigenvalue weighted by Crippen LogP contribution is -2.38. The Hall–Kier alpha value is -3.36. The monoisotopic (exact) mass is 491 g/mol. The highest BCUT2D eigenvalue weighted by atomic mass is 19.4. The first-order valence-electron chi connectivity index (χ1n) is 11.4. The molecule has 0 spiro atoms. The van der Waals surface area contributed by atoms with Crippen LogP contribution in [0.15, 0.2) is 52.4 Å². The number of rotatable bonds is 10. The number of carboxylic acid groups (broad SMARTS) is 1. The van der Waals surface area contributed by atoms with Gasteiger partial charge in [-0.1, -0.05) is 31.2 Å². The van der Waals surface area contributed by atoms with Crippen LogP contribution in [0.2, 0.25) is 0 Å². The minimum absolute atomic E-state index is 0.118. The number of benzene rings is 2. The molecule has 3 N–H and O–H groups in total. The Morgan fingerprint density at radius 3 is 2.31 bits per heavy atom. The molecular weight excluding hydrogens is 459 g/mol. The van der Waals surface area contributed by atoms with Gasteiger partial charge in [0.1, 0.15) is 17.4 Å². The summed E-state index contributed by atoms with van der Waals surface area (Å²) < 4.78 is 44.0. The van der Waals surface area contributed by atoms with Crippen LogP contribution in [0.4, 0.5) is 13.2 Å². The van der Waals surface area contributed by atoms with Gasteiger partial charge in [0.05, 0.1) is 5.56 Å². The molecule has 190 valence electrons. The molecule has 2 rings (SSSR count). The van der Waals surface area contributed by atoms with Gasteiger partial charge in [0.2, 0.25) is 0 Å². The van der Waals surface area contributed by atoms with Crippen molar-refractivity contribution in [1.29, 1.82) is 0 Å². The molecule has 6 nitrogen and oxygen atoms in total. The number of hydrogen-bond acceptors (Lipinski definition) is 3. The maximum Gasteiger partial charge on any atom is 0.416 e. The quantitative estimate of drug-likeness (QED) is 0.325. The van der Waals surface area contributed by atoms with Crippen LogP contribution < -0.4 is 10.5 Å². The van der Waals surface area contributed by atoms with E-state index in [9.17, 15) is 23.1 Å². The van der Waals surface area contributed by atoms with Crippen LogP contribution in [0.3, 0.4) is 0 Å². The highest BCUT2D eigenvalue weighted by Gasteiger charge is 2.30. The largest absolute Gasteiger partial charge is 0.478 e. The fourth-order valence-corrected chi connectivity index (χ4v) is 3.20. The Morgan fingerprint density at radius 1 is 1.11 bits per heavy atom. The molecule has 0 atom stereocenters. The van der Waals surface area contributed by atoms with Gasteiger partial charge in [-0.2, -0.15) is 13.2 Å². The van der Waals surface area contributed by atoms with Crippen LogP contribution in [0.25, 0.3) is 0 Å². The zero-order chi connectivity index (χ0) is 26.2. The number of aliphatic imine (C=N–C) groups is 2. The Balaban J connectivity index is 2.06. The zero-order valence-electron chi connectivity index (χ0n) is 20.4. The van der Waals surface area contributed by atoms with Crippen molar-refractivity contribution in [2.45, 2.75) is 65.2 Å². The summed E-state index contributed by atoms with van der Waals surface area (Å²) in [4.78, 5) is 20.2. The number of amidine groups is 2. The predicted octanol–water partition coefficient (Wildman–Crippen LogP) is 5.79. The van der Waals surface area contributed by atoms with E-state index in [0.29, 0.717) is 30.1 Å². The number of nitrogens with two attached hydrogens (primary N) is 1. The van der Waals surface area contributed by atoms with Crippen molar-refractivity contribution >= 4 is 17.6 Å². The number of nitrogens with zero attached hydrogens (tertiary/aromatic N) is 2. The van der Waals surface area contributed by atoms with Crippen molar-refractivity contribution in [3.8, 4) is 5.75 Å². The zero-order valence-corrected chi connectivity index (χ0v) is 20.4. The van der Waals surface area contributed by atoms with Gasteiger partial charge in [0.25, 0.3) is 0 Å². The van der Waals surface area contributed by atoms with Gasteiger partial charge in [-0.3, -0.25) is 4.99 Å². The number of halogens is 3. The molecule has 35 heavy (non-hydrogen) atoms. The lowest BCUT2D eigenvalue weighted by molar-refractivity contribution is -0.152. The number of carbonyl (C=O) groups is 1. The van der Waals surface area contributed by atoms with Crippen molar-refractivity contribution in [3.05, 3.63) is 64.7 Å². The molecule has 0 radical (unpaired) electrons. The summed E-state index contributed by atoms with van der Waals surface area (Å²) in [5, 5.41) is 9.26. The van der Waals surface area contributed by atoms with E-state index in [2.05, 4.69) is 9.98 Å². The standard InChI is InChI=1S/C26H32F3N3O3/c1-5-15-31-22(32-23(30)19-10-12-20(13-11-19)26(27,28)29)8-6-7-18-9-14-21(17(2)16-18)35-25(3,4)24(33)34/h9-14,16H,5-8,15H2,1-4H3,(H,33,34)(H2,30,31,32). The molecule has 0 saturated carbocycles. The van der Waals surface area contributed by atoms with Gasteiger partial charge in [0, 0.05) is 18.5 Å². The van der Waals surface area contributed by atoms with Crippen LogP contribution in [0.1, 0.15) is 62.3 Å². The molecule has 2 aromatic rings. The summed E-state index contributed by atoms with van der Waals surface area (Å²) in [5.74, 6) is 0.132. The summed E-state index contributed by atoms with van der Waals surface area (Å²) >= 11 is 0. The lowest BCUT2D eigenvalue weighted by atomic mass is 10.0. The van der Waals surface area contributed by atoms with Crippen LogP contribution in [0, 0.1) is 6.92 Å². The molecule has 0 fully saturated rings. The first-order valence-corrected chi connectivity index (χ1v) is 11.4. The first kappa shape index (κ1) is 27.9. The van der Waals surface area contributed by atoms with E-state index in [1.54, 1.807) is 6.07 Å². The van der Waals surface area contributed by atoms with Crippen molar-refractivity contribution in [3.63, 3.8) is 0 Å². The van der Waals surface area contributed by atoms with Crippen molar-refractivity contribution < 1.29 is 27.8 Å². The normalized spacial score (nSPS) is 13.1. The molecule has 0 bridgehead atoms. The van der Waals surface area contributed by atoms with Gasteiger partial charge in [0.15, 0.2) is 5.60 Å². The molecule has 2 aromatic carbocycles. The van der Waals surface area contributed by atoms with Crippen molar-refractivity contribution in [2.24, 2.45) is 15.7 Å². The van der Waals surface area contributed by atoms with E-state index < -0.39 is 23.3 Å². The second kappa shape index (κ2) is 11.9. The fraction of sp³-hybridized carbons (Fsp3) is 0.423. The molecule has 0 unspecified atom stereocenters. The summed E-state index contributed by atoms with van der Waals surface area (Å²) in [6.45, 7) is 7.42. The molecule has 0 aliphatic carbocycles. The van der Waals surface area contributed by atoms with E-state index >= 15 is 0 Å². The van der Waals surface area contributed by atoms with E-state index in [1.807, 2.05) is 26.0 Å². The van der Waals surface area contributed by atoms with Gasteiger partial charge in [-0.05, 0) is 69.4 Å². The Kier molecular flexibility index (Phi) is 9.45. The van der Waals surface area contributed by atoms with Gasteiger partial charge in [-0.15, -0.1) is 0 Å². The number of hydrogen-bond donors (Lipinski definition) is 2. The number of alkyl halides is 3. The number of aryl methyl sites for hydroxylation is 2. The Morgan fingerprint density at radius 2 is 1.77 bits per heavy atom. The van der Waals surface area contributed by atoms with Crippen LogP contribution in [-0.2, 0) is 17.4 Å². The van der Waals surface area contributed by atoms with Crippen LogP contribution >= 0.6 is 0 Å². The van der Waals surface area contributed by atoms with E-state index in [-0.39, 0.29) is 5.84 Å². The molecule has 0 saturated heterocycles. The van der Waals surface area contributed by atoms with E-state index in [0.717, 1.165) is 42.5 Å². The Labute approximate surface area is 203 Å². The average Bonchev–Trinajstić information content (AvgIpc) is 2.78. The molecular formula is C26H32F3N3O3. The summed E-state index contributed by atoms with van der Waals surface area (Å²) in [6.07, 6.45) is -1.58. The molecule has 0 amide bonds. The first-order chi connectivity index (χ1) is 16.3. The topological polar surface area (TPSA) is 97.3 Å². The summed E-state index contributed by atoms with van der Waals surface area (Å²) in [5.41, 5.74) is 6.26. The van der Waals surface area contributed by atoms with Gasteiger partial charge in [-0.25, -0.2) is 9.79 Å². The highest BCUT2D eigenvalue weighted by molar-refractivity contribution is 6.05.